The lowest BCUT2D eigenvalue weighted by Gasteiger charge is -2.23. The number of hydrogen-bond acceptors (Lipinski definition) is 1. The van der Waals surface area contributed by atoms with E-state index in [4.69, 9.17) is 0 Å². The van der Waals surface area contributed by atoms with E-state index in [9.17, 15) is 5.11 Å². The van der Waals surface area contributed by atoms with Crippen molar-refractivity contribution in [1.29, 1.82) is 0 Å². The molecule has 1 heteroatoms. The molecule has 0 heterocycles. The third kappa shape index (κ3) is 2.75. The largest absolute Gasteiger partial charge is 0.392 e. The van der Waals surface area contributed by atoms with E-state index in [0.29, 0.717) is 0 Å². The highest BCUT2D eigenvalue weighted by molar-refractivity contribution is 5.33. The van der Waals surface area contributed by atoms with Crippen LogP contribution in [0.3, 0.4) is 0 Å². The van der Waals surface area contributed by atoms with E-state index in [2.05, 4.69) is 24.3 Å². The van der Waals surface area contributed by atoms with Gasteiger partial charge in [-0.1, -0.05) is 67.6 Å². The number of aliphatic hydroxyl groups is 1. The first kappa shape index (κ1) is 11.9. The fraction of sp³-hybridized carbons (Fsp3) is 0.250. The third-order valence-corrected chi connectivity index (χ3v) is 3.12. The lowest BCUT2D eigenvalue weighted by molar-refractivity contribution is 0.152. The first-order valence-electron chi connectivity index (χ1n) is 6.11. The molecule has 0 fully saturated rings. The fourth-order valence-corrected chi connectivity index (χ4v) is 2.19. The van der Waals surface area contributed by atoms with Crippen LogP contribution in [0.4, 0.5) is 0 Å². The zero-order chi connectivity index (χ0) is 12.1. The highest BCUT2D eigenvalue weighted by Crippen LogP contribution is 2.29. The van der Waals surface area contributed by atoms with E-state index in [-0.39, 0.29) is 12.0 Å². The van der Waals surface area contributed by atoms with Gasteiger partial charge in [-0.2, -0.15) is 0 Å². The molecule has 0 spiro atoms. The van der Waals surface area contributed by atoms with Gasteiger partial charge in [0.05, 0.1) is 6.10 Å². The molecule has 1 unspecified atom stereocenters. The summed E-state index contributed by atoms with van der Waals surface area (Å²) < 4.78 is 0. The molecule has 0 radical (unpaired) electrons. The molecule has 0 amide bonds. The summed E-state index contributed by atoms with van der Waals surface area (Å²) in [4.78, 5) is 0. The van der Waals surface area contributed by atoms with Gasteiger partial charge in [0.1, 0.15) is 0 Å². The zero-order valence-corrected chi connectivity index (χ0v) is 10.1. The first-order chi connectivity index (χ1) is 8.33. The maximum absolute atomic E-state index is 10.2. The summed E-state index contributed by atoms with van der Waals surface area (Å²) in [5, 5.41) is 10.2. The van der Waals surface area contributed by atoms with Crippen LogP contribution in [0.15, 0.2) is 60.7 Å². The van der Waals surface area contributed by atoms with Crippen molar-refractivity contribution >= 4 is 0 Å². The van der Waals surface area contributed by atoms with Crippen LogP contribution in [0.5, 0.6) is 0 Å². The maximum atomic E-state index is 10.2. The summed E-state index contributed by atoms with van der Waals surface area (Å²) in [5.41, 5.74) is 2.35. The molecule has 1 N–H and O–H groups in total. The molecular weight excluding hydrogens is 208 g/mol. The van der Waals surface area contributed by atoms with Crippen LogP contribution >= 0.6 is 0 Å². The molecule has 0 aliphatic heterocycles. The van der Waals surface area contributed by atoms with E-state index in [1.807, 2.05) is 43.3 Å². The summed E-state index contributed by atoms with van der Waals surface area (Å²) in [6.07, 6.45) is 0.425. The summed E-state index contributed by atoms with van der Waals surface area (Å²) in [6, 6.07) is 20.4. The van der Waals surface area contributed by atoms with Crippen molar-refractivity contribution in [2.75, 3.05) is 0 Å². The van der Waals surface area contributed by atoms with Crippen molar-refractivity contribution in [3.8, 4) is 0 Å². The molecule has 1 atom stereocenters. The SMILES string of the molecule is CCC(O)C(c1ccccc1)c1ccccc1. The maximum Gasteiger partial charge on any atom is 0.0646 e. The second-order valence-corrected chi connectivity index (χ2v) is 4.27. The van der Waals surface area contributed by atoms with E-state index >= 15 is 0 Å². The molecule has 2 rings (SSSR count). The Hall–Kier alpha value is -1.60. The van der Waals surface area contributed by atoms with Gasteiger partial charge in [-0.15, -0.1) is 0 Å². The van der Waals surface area contributed by atoms with E-state index in [1.165, 1.54) is 11.1 Å². The monoisotopic (exact) mass is 226 g/mol. The molecule has 0 aliphatic carbocycles. The van der Waals surface area contributed by atoms with Gasteiger partial charge in [-0.3, -0.25) is 0 Å². The molecule has 88 valence electrons. The lowest BCUT2D eigenvalue weighted by Crippen LogP contribution is -2.18. The summed E-state index contributed by atoms with van der Waals surface area (Å²) >= 11 is 0. The Labute approximate surface area is 103 Å². The molecule has 0 aliphatic rings. The lowest BCUT2D eigenvalue weighted by atomic mass is 9.86. The highest BCUT2D eigenvalue weighted by Gasteiger charge is 2.20. The van der Waals surface area contributed by atoms with Gasteiger partial charge in [0.25, 0.3) is 0 Å². The fourth-order valence-electron chi connectivity index (χ4n) is 2.19. The smallest absolute Gasteiger partial charge is 0.0646 e. The molecule has 2 aromatic carbocycles. The van der Waals surface area contributed by atoms with Crippen molar-refractivity contribution in [2.24, 2.45) is 0 Å². The van der Waals surface area contributed by atoms with Crippen LogP contribution in [-0.4, -0.2) is 11.2 Å². The van der Waals surface area contributed by atoms with Crippen molar-refractivity contribution in [2.45, 2.75) is 25.4 Å². The molecule has 2 aromatic rings. The third-order valence-electron chi connectivity index (χ3n) is 3.12. The van der Waals surface area contributed by atoms with Gasteiger partial charge in [0.2, 0.25) is 0 Å². The molecule has 0 aromatic heterocycles. The minimum Gasteiger partial charge on any atom is -0.392 e. The topological polar surface area (TPSA) is 20.2 Å². The van der Waals surface area contributed by atoms with Gasteiger partial charge >= 0.3 is 0 Å². The van der Waals surface area contributed by atoms with Gasteiger partial charge in [-0.25, -0.2) is 0 Å². The summed E-state index contributed by atoms with van der Waals surface area (Å²) in [5.74, 6) is 0.0717. The number of hydrogen-bond donors (Lipinski definition) is 1. The molecule has 0 saturated carbocycles. The van der Waals surface area contributed by atoms with Crippen LogP contribution < -0.4 is 0 Å². The zero-order valence-electron chi connectivity index (χ0n) is 10.1. The van der Waals surface area contributed by atoms with E-state index < -0.39 is 0 Å². The number of aliphatic hydroxyl groups excluding tert-OH is 1. The molecule has 17 heavy (non-hydrogen) atoms. The van der Waals surface area contributed by atoms with Crippen LogP contribution in [-0.2, 0) is 0 Å². The molecular formula is C16H18O. The predicted molar refractivity (Wildman–Crippen MR) is 71.0 cm³/mol. The average Bonchev–Trinajstić information content (AvgIpc) is 2.41. The average molecular weight is 226 g/mol. The van der Waals surface area contributed by atoms with Crippen molar-refractivity contribution in [3.05, 3.63) is 71.8 Å². The Balaban J connectivity index is 2.39. The van der Waals surface area contributed by atoms with Crippen LogP contribution in [0, 0.1) is 0 Å². The molecule has 1 nitrogen and oxygen atoms in total. The first-order valence-corrected chi connectivity index (χ1v) is 6.11. The van der Waals surface area contributed by atoms with Crippen LogP contribution in [0.2, 0.25) is 0 Å². The highest BCUT2D eigenvalue weighted by atomic mass is 16.3. The van der Waals surface area contributed by atoms with Crippen LogP contribution in [0.25, 0.3) is 0 Å². The molecule has 0 bridgehead atoms. The number of rotatable bonds is 4. The molecule has 0 saturated heterocycles. The van der Waals surface area contributed by atoms with Gasteiger partial charge in [-0.05, 0) is 17.5 Å². The van der Waals surface area contributed by atoms with Crippen molar-refractivity contribution < 1.29 is 5.11 Å². The quantitative estimate of drug-likeness (QED) is 0.844. The normalized spacial score (nSPS) is 12.6. The predicted octanol–water partition coefficient (Wildman–Crippen LogP) is 3.59. The van der Waals surface area contributed by atoms with Crippen molar-refractivity contribution in [3.63, 3.8) is 0 Å². The minimum atomic E-state index is -0.334. The Morgan fingerprint density at radius 2 is 1.24 bits per heavy atom. The van der Waals surface area contributed by atoms with Gasteiger partial charge in [0, 0.05) is 5.92 Å². The van der Waals surface area contributed by atoms with E-state index in [1.54, 1.807) is 0 Å². The number of benzene rings is 2. The Kier molecular flexibility index (Phi) is 3.94. The summed E-state index contributed by atoms with van der Waals surface area (Å²) in [6.45, 7) is 2.02. The second-order valence-electron chi connectivity index (χ2n) is 4.27. The Morgan fingerprint density at radius 1 is 0.824 bits per heavy atom. The van der Waals surface area contributed by atoms with Crippen molar-refractivity contribution in [1.82, 2.24) is 0 Å². The summed E-state index contributed by atoms with van der Waals surface area (Å²) in [7, 11) is 0. The van der Waals surface area contributed by atoms with Gasteiger partial charge in [0.15, 0.2) is 0 Å². The standard InChI is InChI=1S/C16H18O/c1-2-15(17)16(13-9-5-3-6-10-13)14-11-7-4-8-12-14/h3-12,15-17H,2H2,1H3. The Morgan fingerprint density at radius 3 is 1.59 bits per heavy atom. The van der Waals surface area contributed by atoms with E-state index in [0.717, 1.165) is 6.42 Å². The minimum absolute atomic E-state index is 0.0717. The van der Waals surface area contributed by atoms with Crippen LogP contribution in [0.1, 0.15) is 30.4 Å². The van der Waals surface area contributed by atoms with Gasteiger partial charge < -0.3 is 5.11 Å². The Bertz CT molecular complexity index is 396. The second kappa shape index (κ2) is 5.65.